The lowest BCUT2D eigenvalue weighted by atomic mass is 10.1. The van der Waals surface area contributed by atoms with Gasteiger partial charge in [0.05, 0.1) is 7.11 Å². The topological polar surface area (TPSA) is 73.6 Å². The van der Waals surface area contributed by atoms with Gasteiger partial charge >= 0.3 is 0 Å². The molecule has 2 aromatic carbocycles. The predicted molar refractivity (Wildman–Crippen MR) is 107 cm³/mol. The molecule has 1 saturated heterocycles. The summed E-state index contributed by atoms with van der Waals surface area (Å²) in [6.07, 6.45) is 2.55. The maximum Gasteiger partial charge on any atom is 0.247 e. The molecule has 0 amide bonds. The normalized spacial score (nSPS) is 16.8. The van der Waals surface area contributed by atoms with Crippen LogP contribution >= 0.6 is 11.6 Å². The molecule has 9 heteroatoms. The zero-order chi connectivity index (χ0) is 21.2. The van der Waals surface area contributed by atoms with E-state index in [2.05, 4.69) is 6.19 Å². The fourth-order valence-corrected chi connectivity index (χ4v) is 5.43. The molecule has 2 aromatic rings. The van der Waals surface area contributed by atoms with Crippen LogP contribution in [0.25, 0.3) is 0 Å². The monoisotopic (exact) mass is 437 g/mol. The van der Waals surface area contributed by atoms with Crippen LogP contribution in [0.5, 0.6) is 5.75 Å². The maximum atomic E-state index is 14.1. The first-order valence-corrected chi connectivity index (χ1v) is 10.8. The van der Waals surface area contributed by atoms with Gasteiger partial charge < -0.3 is 9.64 Å². The van der Waals surface area contributed by atoms with Gasteiger partial charge in [-0.05, 0) is 48.7 Å². The number of nitriles is 1. The van der Waals surface area contributed by atoms with Crippen LogP contribution in [0, 0.1) is 24.2 Å². The number of ether oxygens (including phenoxy) is 1. The van der Waals surface area contributed by atoms with E-state index in [1.54, 1.807) is 25.1 Å². The number of nitrogens with zero attached hydrogens (tertiary/aromatic N) is 3. The van der Waals surface area contributed by atoms with E-state index >= 15 is 0 Å². The number of sulfonamides is 1. The van der Waals surface area contributed by atoms with Crippen LogP contribution in [-0.2, 0) is 16.6 Å². The number of halogens is 2. The minimum absolute atomic E-state index is 0.0286. The number of rotatable bonds is 6. The fraction of sp³-hybridized carbons (Fsp3) is 0.350. The molecule has 0 radical (unpaired) electrons. The summed E-state index contributed by atoms with van der Waals surface area (Å²) < 4.78 is 47.8. The third kappa shape index (κ3) is 4.47. The number of likely N-dealkylation sites (tertiary alicyclic amines) is 1. The zero-order valence-corrected chi connectivity index (χ0v) is 17.7. The third-order valence-corrected chi connectivity index (χ3v) is 7.15. The van der Waals surface area contributed by atoms with E-state index in [0.29, 0.717) is 24.1 Å². The van der Waals surface area contributed by atoms with E-state index in [1.807, 2.05) is 0 Å². The predicted octanol–water partition coefficient (Wildman–Crippen LogP) is 3.54. The second kappa shape index (κ2) is 8.57. The Balaban J connectivity index is 2.05. The van der Waals surface area contributed by atoms with Crippen LogP contribution in [-0.4, -0.2) is 43.9 Å². The highest BCUT2D eigenvalue weighted by atomic mass is 35.5. The standard InChI is InChI=1S/C20H21ClFN3O3S/c1-14-3-4-15(9-18(14)22)11-25(17-7-8-24(12-17)13-23)29(26,27)20-10-16(21)5-6-19(20)28-2/h3-6,9-10,17H,7-8,11-12H2,1-2H3/t17-/m1/s1. The molecule has 0 spiro atoms. The van der Waals surface area contributed by atoms with Crippen molar-refractivity contribution in [1.82, 2.24) is 9.21 Å². The van der Waals surface area contributed by atoms with E-state index in [-0.39, 0.29) is 28.8 Å². The first-order valence-electron chi connectivity index (χ1n) is 9.01. The van der Waals surface area contributed by atoms with Crippen molar-refractivity contribution in [2.24, 2.45) is 0 Å². The van der Waals surface area contributed by atoms with Gasteiger partial charge in [0, 0.05) is 30.7 Å². The van der Waals surface area contributed by atoms with Gasteiger partial charge in [0.2, 0.25) is 10.0 Å². The van der Waals surface area contributed by atoms with Crippen molar-refractivity contribution < 1.29 is 17.5 Å². The van der Waals surface area contributed by atoms with E-state index in [1.165, 1.54) is 34.5 Å². The van der Waals surface area contributed by atoms with E-state index < -0.39 is 21.9 Å². The minimum atomic E-state index is -4.04. The van der Waals surface area contributed by atoms with Crippen molar-refractivity contribution in [3.63, 3.8) is 0 Å². The molecule has 1 aliphatic heterocycles. The molecule has 0 bridgehead atoms. The minimum Gasteiger partial charge on any atom is -0.495 e. The van der Waals surface area contributed by atoms with Crippen LogP contribution in [0.15, 0.2) is 41.3 Å². The van der Waals surface area contributed by atoms with Crippen molar-refractivity contribution in [2.75, 3.05) is 20.2 Å². The largest absolute Gasteiger partial charge is 0.495 e. The van der Waals surface area contributed by atoms with Crippen LogP contribution in [0.2, 0.25) is 5.02 Å². The van der Waals surface area contributed by atoms with Crippen molar-refractivity contribution in [1.29, 1.82) is 5.26 Å². The highest BCUT2D eigenvalue weighted by Gasteiger charge is 2.37. The Labute approximate surface area is 175 Å². The summed E-state index contributed by atoms with van der Waals surface area (Å²) in [5.74, 6) is -0.227. The summed E-state index contributed by atoms with van der Waals surface area (Å²) in [6.45, 7) is 2.35. The molecule has 29 heavy (non-hydrogen) atoms. The summed E-state index contributed by atoms with van der Waals surface area (Å²) in [4.78, 5) is 1.45. The Morgan fingerprint density at radius 2 is 2.10 bits per heavy atom. The Hall–Kier alpha value is -2.34. The smallest absolute Gasteiger partial charge is 0.247 e. The molecule has 0 saturated carbocycles. The van der Waals surface area contributed by atoms with Gasteiger partial charge in [-0.2, -0.15) is 9.57 Å². The van der Waals surface area contributed by atoms with Gasteiger partial charge in [-0.25, -0.2) is 12.8 Å². The molecule has 6 nitrogen and oxygen atoms in total. The molecular formula is C20H21ClFN3O3S. The summed E-state index contributed by atoms with van der Waals surface area (Å²) in [5.41, 5.74) is 1.00. The maximum absolute atomic E-state index is 14.1. The van der Waals surface area contributed by atoms with Crippen LogP contribution in [0.1, 0.15) is 17.5 Å². The second-order valence-corrected chi connectivity index (χ2v) is 9.21. The SMILES string of the molecule is COc1ccc(Cl)cc1S(=O)(=O)N(Cc1ccc(C)c(F)c1)[C@@H]1CCN(C#N)C1. The average molecular weight is 438 g/mol. The Morgan fingerprint density at radius 1 is 1.34 bits per heavy atom. The summed E-state index contributed by atoms with van der Waals surface area (Å²) in [7, 11) is -2.65. The lowest BCUT2D eigenvalue weighted by Crippen LogP contribution is -2.41. The Kier molecular flexibility index (Phi) is 6.32. The lowest BCUT2D eigenvalue weighted by molar-refractivity contribution is 0.311. The van der Waals surface area contributed by atoms with Gasteiger partial charge in [-0.15, -0.1) is 0 Å². The Bertz CT molecular complexity index is 1060. The quantitative estimate of drug-likeness (QED) is 0.646. The van der Waals surface area contributed by atoms with E-state index in [4.69, 9.17) is 16.3 Å². The number of hydrogen-bond acceptors (Lipinski definition) is 5. The number of aryl methyl sites for hydroxylation is 1. The van der Waals surface area contributed by atoms with Crippen molar-refractivity contribution in [2.45, 2.75) is 30.8 Å². The first-order chi connectivity index (χ1) is 13.8. The van der Waals surface area contributed by atoms with Crippen LogP contribution < -0.4 is 4.74 Å². The number of hydrogen-bond donors (Lipinski definition) is 0. The molecule has 3 rings (SSSR count). The first kappa shape index (κ1) is 21.4. The highest BCUT2D eigenvalue weighted by molar-refractivity contribution is 7.89. The molecule has 1 aliphatic rings. The molecule has 0 unspecified atom stereocenters. The number of methoxy groups -OCH3 is 1. The molecule has 1 fully saturated rings. The molecule has 0 aromatic heterocycles. The van der Waals surface area contributed by atoms with Crippen LogP contribution in [0.3, 0.4) is 0 Å². The van der Waals surface area contributed by atoms with Crippen molar-refractivity contribution >= 4 is 21.6 Å². The zero-order valence-electron chi connectivity index (χ0n) is 16.1. The molecule has 1 atom stereocenters. The summed E-state index contributed by atoms with van der Waals surface area (Å²) in [5, 5.41) is 9.44. The molecule has 154 valence electrons. The molecule has 0 aliphatic carbocycles. The van der Waals surface area contributed by atoms with Gasteiger partial charge in [0.1, 0.15) is 16.5 Å². The lowest BCUT2D eigenvalue weighted by Gasteiger charge is -2.28. The third-order valence-electron chi connectivity index (χ3n) is 5.00. The molecule has 0 N–H and O–H groups in total. The second-order valence-electron chi connectivity index (χ2n) is 6.92. The van der Waals surface area contributed by atoms with Gasteiger partial charge in [0.25, 0.3) is 0 Å². The van der Waals surface area contributed by atoms with E-state index in [9.17, 15) is 18.1 Å². The highest BCUT2D eigenvalue weighted by Crippen LogP contribution is 2.33. The van der Waals surface area contributed by atoms with Crippen molar-refractivity contribution in [3.05, 3.63) is 58.4 Å². The Morgan fingerprint density at radius 3 is 2.72 bits per heavy atom. The fourth-order valence-electron chi connectivity index (χ4n) is 3.37. The average Bonchev–Trinajstić information content (AvgIpc) is 3.17. The van der Waals surface area contributed by atoms with Gasteiger partial charge in [-0.3, -0.25) is 0 Å². The number of benzene rings is 2. The van der Waals surface area contributed by atoms with E-state index in [0.717, 1.165) is 0 Å². The summed E-state index contributed by atoms with van der Waals surface area (Å²) in [6, 6.07) is 8.60. The van der Waals surface area contributed by atoms with Gasteiger partial charge in [0.15, 0.2) is 6.19 Å². The molecule has 1 heterocycles. The molecular weight excluding hydrogens is 417 g/mol. The summed E-state index contributed by atoms with van der Waals surface area (Å²) >= 11 is 6.05. The van der Waals surface area contributed by atoms with Crippen LogP contribution in [0.4, 0.5) is 4.39 Å². The van der Waals surface area contributed by atoms with Gasteiger partial charge in [-0.1, -0.05) is 23.7 Å². The van der Waals surface area contributed by atoms with Crippen molar-refractivity contribution in [3.8, 4) is 11.9 Å².